The first-order chi connectivity index (χ1) is 8.86. The van der Waals surface area contributed by atoms with Crippen molar-refractivity contribution >= 4 is 5.97 Å². The minimum atomic E-state index is -1.15. The van der Waals surface area contributed by atoms with E-state index >= 15 is 0 Å². The lowest BCUT2D eigenvalue weighted by Crippen LogP contribution is -2.43. The van der Waals surface area contributed by atoms with Gasteiger partial charge in [0.1, 0.15) is 5.60 Å². The molecule has 1 aromatic rings. The van der Waals surface area contributed by atoms with Crippen molar-refractivity contribution in [3.63, 3.8) is 0 Å². The smallest absolute Gasteiger partial charge is 0.360 e. The van der Waals surface area contributed by atoms with Crippen LogP contribution in [0.1, 0.15) is 49.9 Å². The summed E-state index contributed by atoms with van der Waals surface area (Å²) in [4.78, 5) is 11.5. The maximum absolute atomic E-state index is 11.5. The second kappa shape index (κ2) is 4.94. The van der Waals surface area contributed by atoms with E-state index in [0.717, 1.165) is 0 Å². The largest absolute Gasteiger partial charge is 0.461 e. The number of carbonyl (C=O) groups excluding carboxylic acids is 1. The standard InChI is InChI=1S/C13H19NO5/c1-4-17-11(15)9-7-10(19-14-9)13(16)5-6-18-12(2,3)8-13/h7,16H,4-6,8H2,1-3H3/t13-/m1/s1. The number of esters is 1. The molecular formula is C13H19NO5. The van der Waals surface area contributed by atoms with E-state index in [2.05, 4.69) is 5.16 Å². The average Bonchev–Trinajstić information content (AvgIpc) is 2.77. The second-order valence-electron chi connectivity index (χ2n) is 5.36. The third-order valence-corrected chi connectivity index (χ3v) is 3.18. The van der Waals surface area contributed by atoms with Gasteiger partial charge >= 0.3 is 5.97 Å². The predicted molar refractivity (Wildman–Crippen MR) is 65.6 cm³/mol. The summed E-state index contributed by atoms with van der Waals surface area (Å²) in [6.07, 6.45) is 0.797. The molecule has 1 aromatic heterocycles. The summed E-state index contributed by atoms with van der Waals surface area (Å²) < 4.78 is 15.5. The molecular weight excluding hydrogens is 250 g/mol. The van der Waals surface area contributed by atoms with Crippen molar-refractivity contribution in [1.29, 1.82) is 0 Å². The van der Waals surface area contributed by atoms with Crippen molar-refractivity contribution in [1.82, 2.24) is 5.16 Å². The van der Waals surface area contributed by atoms with Gasteiger partial charge < -0.3 is 19.1 Å². The third kappa shape index (κ3) is 2.96. The molecule has 6 nitrogen and oxygen atoms in total. The highest BCUT2D eigenvalue weighted by molar-refractivity contribution is 5.87. The summed E-state index contributed by atoms with van der Waals surface area (Å²) in [5.41, 5.74) is -1.52. The van der Waals surface area contributed by atoms with Gasteiger partial charge in [0.25, 0.3) is 0 Å². The Balaban J connectivity index is 2.19. The summed E-state index contributed by atoms with van der Waals surface area (Å²) >= 11 is 0. The van der Waals surface area contributed by atoms with Crippen LogP contribution in [0.2, 0.25) is 0 Å². The fourth-order valence-corrected chi connectivity index (χ4v) is 2.35. The predicted octanol–water partition coefficient (Wildman–Crippen LogP) is 1.63. The maximum Gasteiger partial charge on any atom is 0.360 e. The summed E-state index contributed by atoms with van der Waals surface area (Å²) in [7, 11) is 0. The van der Waals surface area contributed by atoms with E-state index < -0.39 is 17.2 Å². The summed E-state index contributed by atoms with van der Waals surface area (Å²) in [6, 6.07) is 1.44. The molecule has 1 aliphatic heterocycles. The zero-order chi connectivity index (χ0) is 14.1. The number of rotatable bonds is 3. The topological polar surface area (TPSA) is 81.8 Å². The molecule has 0 aromatic carbocycles. The van der Waals surface area contributed by atoms with E-state index in [0.29, 0.717) is 19.4 Å². The molecule has 6 heteroatoms. The van der Waals surface area contributed by atoms with E-state index in [4.69, 9.17) is 14.0 Å². The molecule has 1 N–H and O–H groups in total. The fraction of sp³-hybridized carbons (Fsp3) is 0.692. The van der Waals surface area contributed by atoms with Gasteiger partial charge in [0.05, 0.1) is 18.8 Å². The van der Waals surface area contributed by atoms with Gasteiger partial charge in [-0.05, 0) is 20.8 Å². The van der Waals surface area contributed by atoms with Gasteiger partial charge in [0, 0.05) is 18.9 Å². The molecule has 1 saturated heterocycles. The minimum Gasteiger partial charge on any atom is -0.461 e. The lowest BCUT2D eigenvalue weighted by molar-refractivity contribution is -0.156. The normalized spacial score (nSPS) is 26.1. The number of carbonyl (C=O) groups is 1. The van der Waals surface area contributed by atoms with Gasteiger partial charge in [0.15, 0.2) is 11.5 Å². The van der Waals surface area contributed by atoms with Crippen LogP contribution >= 0.6 is 0 Å². The first-order valence-corrected chi connectivity index (χ1v) is 6.37. The molecule has 2 heterocycles. The molecule has 1 atom stereocenters. The highest BCUT2D eigenvalue weighted by Gasteiger charge is 2.43. The summed E-state index contributed by atoms with van der Waals surface area (Å²) in [6.45, 7) is 6.22. The van der Waals surface area contributed by atoms with Crippen molar-refractivity contribution in [2.75, 3.05) is 13.2 Å². The molecule has 0 aliphatic carbocycles. The monoisotopic (exact) mass is 269 g/mol. The van der Waals surface area contributed by atoms with E-state index in [1.807, 2.05) is 13.8 Å². The Morgan fingerprint density at radius 3 is 2.95 bits per heavy atom. The van der Waals surface area contributed by atoms with Crippen molar-refractivity contribution < 1.29 is 23.9 Å². The molecule has 0 saturated carbocycles. The number of aliphatic hydroxyl groups is 1. The Hall–Kier alpha value is -1.40. The highest BCUT2D eigenvalue weighted by Crippen LogP contribution is 2.39. The van der Waals surface area contributed by atoms with Crippen LogP contribution in [0.5, 0.6) is 0 Å². The SMILES string of the molecule is CCOC(=O)c1cc([C@@]2(O)CCOC(C)(C)C2)on1. The van der Waals surface area contributed by atoms with Crippen LogP contribution in [0.25, 0.3) is 0 Å². The Morgan fingerprint density at radius 1 is 1.58 bits per heavy atom. The Morgan fingerprint density at radius 2 is 2.32 bits per heavy atom. The highest BCUT2D eigenvalue weighted by atomic mass is 16.5. The Bertz CT molecular complexity index is 467. The summed E-state index contributed by atoms with van der Waals surface area (Å²) in [5, 5.41) is 14.3. The molecule has 19 heavy (non-hydrogen) atoms. The minimum absolute atomic E-state index is 0.0783. The van der Waals surface area contributed by atoms with Crippen LogP contribution in [0.15, 0.2) is 10.6 Å². The Kier molecular flexibility index (Phi) is 3.64. The van der Waals surface area contributed by atoms with Gasteiger partial charge in [-0.15, -0.1) is 0 Å². The van der Waals surface area contributed by atoms with Crippen molar-refractivity contribution in [3.05, 3.63) is 17.5 Å². The fourth-order valence-electron chi connectivity index (χ4n) is 2.35. The van der Waals surface area contributed by atoms with Crippen LogP contribution in [-0.2, 0) is 15.1 Å². The average molecular weight is 269 g/mol. The molecule has 0 radical (unpaired) electrons. The Labute approximate surface area is 111 Å². The molecule has 1 aliphatic rings. The van der Waals surface area contributed by atoms with Crippen molar-refractivity contribution in [2.24, 2.45) is 0 Å². The molecule has 1 fully saturated rings. The second-order valence-corrected chi connectivity index (χ2v) is 5.36. The van der Waals surface area contributed by atoms with Gasteiger partial charge in [-0.1, -0.05) is 5.16 Å². The first-order valence-electron chi connectivity index (χ1n) is 6.37. The van der Waals surface area contributed by atoms with Crippen LogP contribution < -0.4 is 0 Å². The molecule has 0 unspecified atom stereocenters. The van der Waals surface area contributed by atoms with Gasteiger partial charge in [-0.25, -0.2) is 4.79 Å². The maximum atomic E-state index is 11.5. The van der Waals surface area contributed by atoms with Crippen molar-refractivity contribution in [2.45, 2.75) is 44.8 Å². The van der Waals surface area contributed by atoms with Crippen molar-refractivity contribution in [3.8, 4) is 0 Å². The van der Waals surface area contributed by atoms with Gasteiger partial charge in [-0.2, -0.15) is 0 Å². The lowest BCUT2D eigenvalue weighted by Gasteiger charge is -2.39. The molecule has 0 spiro atoms. The van der Waals surface area contributed by atoms with E-state index in [1.165, 1.54) is 6.07 Å². The summed E-state index contributed by atoms with van der Waals surface area (Å²) in [5.74, 6) is -0.264. The van der Waals surface area contributed by atoms with E-state index in [9.17, 15) is 9.90 Å². The van der Waals surface area contributed by atoms with Crippen LogP contribution in [0, 0.1) is 0 Å². The van der Waals surface area contributed by atoms with Crippen LogP contribution in [-0.4, -0.2) is 35.0 Å². The molecule has 2 rings (SSSR count). The van der Waals surface area contributed by atoms with E-state index in [1.54, 1.807) is 6.92 Å². The van der Waals surface area contributed by atoms with E-state index in [-0.39, 0.29) is 18.1 Å². The van der Waals surface area contributed by atoms with Crippen LogP contribution in [0.3, 0.4) is 0 Å². The van der Waals surface area contributed by atoms with Gasteiger partial charge in [-0.3, -0.25) is 0 Å². The zero-order valence-corrected chi connectivity index (χ0v) is 11.4. The molecule has 0 bridgehead atoms. The molecule has 0 amide bonds. The van der Waals surface area contributed by atoms with Crippen LogP contribution in [0.4, 0.5) is 0 Å². The number of hydrogen-bond donors (Lipinski definition) is 1. The third-order valence-electron chi connectivity index (χ3n) is 3.18. The number of hydrogen-bond acceptors (Lipinski definition) is 6. The number of nitrogens with zero attached hydrogens (tertiary/aromatic N) is 1. The zero-order valence-electron chi connectivity index (χ0n) is 11.4. The van der Waals surface area contributed by atoms with Gasteiger partial charge in [0.2, 0.25) is 0 Å². The molecule has 106 valence electrons. The quantitative estimate of drug-likeness (QED) is 0.840. The number of ether oxygens (including phenoxy) is 2. The first kappa shape index (κ1) is 14.0. The number of aromatic nitrogens is 1. The lowest BCUT2D eigenvalue weighted by atomic mass is 9.82.